The highest BCUT2D eigenvalue weighted by atomic mass is 16.5. The molecule has 1 atom stereocenters. The van der Waals surface area contributed by atoms with Crippen LogP contribution >= 0.6 is 0 Å². The molecule has 0 radical (unpaired) electrons. The smallest absolute Gasteiger partial charge is 0.316 e. The molecule has 7 heteroatoms. The molecule has 0 aromatic heterocycles. The summed E-state index contributed by atoms with van der Waals surface area (Å²) in [6.45, 7) is 0.259. The summed E-state index contributed by atoms with van der Waals surface area (Å²) in [5.41, 5.74) is 1.86. The Balaban J connectivity index is 1.27. The number of hydrogen-bond donors (Lipinski definition) is 0. The zero-order chi connectivity index (χ0) is 22.2. The van der Waals surface area contributed by atoms with E-state index in [4.69, 9.17) is 4.74 Å². The third-order valence-corrected chi connectivity index (χ3v) is 5.63. The quantitative estimate of drug-likeness (QED) is 0.363. The van der Waals surface area contributed by atoms with Gasteiger partial charge >= 0.3 is 5.97 Å². The van der Waals surface area contributed by atoms with E-state index in [1.165, 1.54) is 12.1 Å². The van der Waals surface area contributed by atoms with Crippen molar-refractivity contribution in [3.05, 3.63) is 90.0 Å². The zero-order valence-corrected chi connectivity index (χ0v) is 16.9. The van der Waals surface area contributed by atoms with Crippen molar-refractivity contribution in [3.8, 4) is 5.75 Å². The van der Waals surface area contributed by atoms with Crippen molar-refractivity contribution in [1.29, 1.82) is 0 Å². The van der Waals surface area contributed by atoms with Crippen molar-refractivity contribution in [1.82, 2.24) is 0 Å². The molecule has 3 aromatic carbocycles. The maximum atomic E-state index is 12.6. The standard InChI is InChI=1S/C25H18N2O5/c28-22-14-16(15-26(22)17-6-2-1-3-7-17)25(31)32-19-12-10-18(11-13-19)27-23(29)20-8-4-5-9-21(20)24(27)30/h1-13,16H,14-15H2/t16-/m0/s1. The number of anilines is 2. The molecular weight excluding hydrogens is 408 g/mol. The van der Waals surface area contributed by atoms with Crippen LogP contribution in [0.25, 0.3) is 0 Å². The van der Waals surface area contributed by atoms with Crippen LogP contribution in [0.15, 0.2) is 78.9 Å². The number of carbonyl (C=O) groups is 4. The lowest BCUT2D eigenvalue weighted by atomic mass is 10.1. The van der Waals surface area contributed by atoms with E-state index in [2.05, 4.69) is 0 Å². The largest absolute Gasteiger partial charge is 0.426 e. The minimum absolute atomic E-state index is 0.0842. The van der Waals surface area contributed by atoms with Crippen molar-refractivity contribution in [3.63, 3.8) is 0 Å². The summed E-state index contributed by atoms with van der Waals surface area (Å²) in [5, 5.41) is 0. The number of imide groups is 1. The molecule has 0 saturated carbocycles. The van der Waals surface area contributed by atoms with Crippen LogP contribution in [0.2, 0.25) is 0 Å². The highest BCUT2D eigenvalue weighted by Gasteiger charge is 2.37. The number of ether oxygens (including phenoxy) is 1. The van der Waals surface area contributed by atoms with Crippen molar-refractivity contribution >= 4 is 35.1 Å². The molecule has 7 nitrogen and oxygen atoms in total. The topological polar surface area (TPSA) is 84.0 Å². The number of nitrogens with zero attached hydrogens (tertiary/aromatic N) is 2. The van der Waals surface area contributed by atoms with Crippen LogP contribution in [0, 0.1) is 5.92 Å². The molecule has 2 aliphatic heterocycles. The van der Waals surface area contributed by atoms with Gasteiger partial charge in [0.1, 0.15) is 5.75 Å². The monoisotopic (exact) mass is 426 g/mol. The second-order valence-electron chi connectivity index (χ2n) is 7.65. The number of benzene rings is 3. The van der Waals surface area contributed by atoms with Gasteiger partial charge in [-0.25, -0.2) is 4.90 Å². The Labute approximate surface area is 183 Å². The van der Waals surface area contributed by atoms with Gasteiger partial charge in [0, 0.05) is 18.7 Å². The third-order valence-electron chi connectivity index (χ3n) is 5.63. The highest BCUT2D eigenvalue weighted by molar-refractivity contribution is 6.34. The summed E-state index contributed by atoms with van der Waals surface area (Å²) in [4.78, 5) is 52.8. The van der Waals surface area contributed by atoms with Gasteiger partial charge in [-0.05, 0) is 48.5 Å². The van der Waals surface area contributed by atoms with Crippen molar-refractivity contribution in [2.75, 3.05) is 16.3 Å². The summed E-state index contributed by atoms with van der Waals surface area (Å²) in [6, 6.07) is 22.0. The fourth-order valence-corrected chi connectivity index (χ4v) is 4.01. The van der Waals surface area contributed by atoms with Crippen LogP contribution in [-0.4, -0.2) is 30.2 Å². The Morgan fingerprint density at radius 1 is 0.750 bits per heavy atom. The predicted octanol–water partition coefficient (Wildman–Crippen LogP) is 3.45. The van der Waals surface area contributed by atoms with Crippen molar-refractivity contribution in [2.24, 2.45) is 5.92 Å². The summed E-state index contributed by atoms with van der Waals surface area (Å²) in [7, 11) is 0. The molecule has 158 valence electrons. The molecule has 0 spiro atoms. The molecule has 2 heterocycles. The van der Waals surface area contributed by atoms with Gasteiger partial charge in [0.25, 0.3) is 11.8 Å². The van der Waals surface area contributed by atoms with Crippen LogP contribution in [0.5, 0.6) is 5.75 Å². The fourth-order valence-electron chi connectivity index (χ4n) is 4.01. The van der Waals surface area contributed by atoms with Gasteiger partial charge in [-0.3, -0.25) is 19.2 Å². The van der Waals surface area contributed by atoms with Gasteiger partial charge in [0.15, 0.2) is 0 Å². The first-order valence-corrected chi connectivity index (χ1v) is 10.2. The van der Waals surface area contributed by atoms with Gasteiger partial charge in [-0.2, -0.15) is 0 Å². The molecule has 2 aliphatic rings. The Morgan fingerprint density at radius 2 is 1.34 bits per heavy atom. The molecule has 3 aromatic rings. The molecular formula is C25H18N2O5. The van der Waals surface area contributed by atoms with Gasteiger partial charge in [-0.15, -0.1) is 0 Å². The second kappa shape index (κ2) is 7.77. The van der Waals surface area contributed by atoms with Gasteiger partial charge in [0.2, 0.25) is 5.91 Å². The highest BCUT2D eigenvalue weighted by Crippen LogP contribution is 2.30. The number of amides is 3. The van der Waals surface area contributed by atoms with Gasteiger partial charge in [-0.1, -0.05) is 30.3 Å². The first kappa shape index (κ1) is 19.7. The number of esters is 1. The first-order valence-electron chi connectivity index (χ1n) is 10.2. The number of rotatable bonds is 4. The molecule has 5 rings (SSSR count). The van der Waals surface area contributed by atoms with E-state index in [0.717, 1.165) is 10.6 Å². The Morgan fingerprint density at radius 3 is 1.97 bits per heavy atom. The molecule has 0 unspecified atom stereocenters. The lowest BCUT2D eigenvalue weighted by Gasteiger charge is -2.16. The van der Waals surface area contributed by atoms with E-state index in [1.807, 2.05) is 30.3 Å². The van der Waals surface area contributed by atoms with Crippen molar-refractivity contribution in [2.45, 2.75) is 6.42 Å². The lowest BCUT2D eigenvalue weighted by Crippen LogP contribution is -2.29. The summed E-state index contributed by atoms with van der Waals surface area (Å²) in [5.74, 6) is -1.69. The number of para-hydroxylation sites is 1. The van der Waals surface area contributed by atoms with E-state index in [1.54, 1.807) is 41.3 Å². The van der Waals surface area contributed by atoms with Gasteiger partial charge < -0.3 is 9.64 Å². The SMILES string of the molecule is O=C(Oc1ccc(N2C(=O)c3ccccc3C2=O)cc1)[C@H]1CC(=O)N(c2ccccc2)C1. The molecule has 1 saturated heterocycles. The van der Waals surface area contributed by atoms with Crippen LogP contribution in [-0.2, 0) is 9.59 Å². The average molecular weight is 426 g/mol. The van der Waals surface area contributed by atoms with Crippen LogP contribution < -0.4 is 14.5 Å². The lowest BCUT2D eigenvalue weighted by molar-refractivity contribution is -0.139. The molecule has 0 bridgehead atoms. The number of carbonyl (C=O) groups excluding carboxylic acids is 4. The van der Waals surface area contributed by atoms with E-state index < -0.39 is 11.9 Å². The van der Waals surface area contributed by atoms with E-state index in [-0.39, 0.29) is 36.4 Å². The molecule has 3 amide bonds. The average Bonchev–Trinajstić information content (AvgIpc) is 3.33. The van der Waals surface area contributed by atoms with Crippen molar-refractivity contribution < 1.29 is 23.9 Å². The van der Waals surface area contributed by atoms with E-state index >= 15 is 0 Å². The minimum atomic E-state index is -0.571. The second-order valence-corrected chi connectivity index (χ2v) is 7.65. The summed E-state index contributed by atoms with van der Waals surface area (Å²) >= 11 is 0. The maximum absolute atomic E-state index is 12.6. The minimum Gasteiger partial charge on any atom is -0.426 e. The normalized spacial score (nSPS) is 17.6. The number of fused-ring (bicyclic) bond motifs is 1. The first-order chi connectivity index (χ1) is 15.5. The predicted molar refractivity (Wildman–Crippen MR) is 117 cm³/mol. The Kier molecular flexibility index (Phi) is 4.78. The Hall–Kier alpha value is -4.26. The van der Waals surface area contributed by atoms with Gasteiger partial charge in [0.05, 0.1) is 22.7 Å². The Bertz CT molecular complexity index is 1200. The maximum Gasteiger partial charge on any atom is 0.316 e. The summed E-state index contributed by atoms with van der Waals surface area (Å²) < 4.78 is 5.46. The number of hydrogen-bond acceptors (Lipinski definition) is 5. The van der Waals surface area contributed by atoms with Crippen LogP contribution in [0.1, 0.15) is 27.1 Å². The molecule has 0 aliphatic carbocycles. The fraction of sp³-hybridized carbons (Fsp3) is 0.120. The third kappa shape index (κ3) is 3.33. The van der Waals surface area contributed by atoms with Crippen LogP contribution in [0.3, 0.4) is 0 Å². The molecule has 32 heavy (non-hydrogen) atoms. The van der Waals surface area contributed by atoms with Crippen LogP contribution in [0.4, 0.5) is 11.4 Å². The molecule has 0 N–H and O–H groups in total. The summed E-state index contributed by atoms with van der Waals surface area (Å²) in [6.07, 6.45) is 0.0842. The van der Waals surface area contributed by atoms with E-state index in [0.29, 0.717) is 16.8 Å². The zero-order valence-electron chi connectivity index (χ0n) is 16.9. The van der Waals surface area contributed by atoms with E-state index in [9.17, 15) is 19.2 Å². The molecule has 1 fully saturated rings.